The molecule has 2 aromatic rings. The average Bonchev–Trinajstić information content (AvgIpc) is 3.19. The second-order valence-electron chi connectivity index (χ2n) is 5.42. The standard InChI is InChI=1S/C16H19N3OS/c1-13(14-4-9-21-12-14)19-7-5-18(6-8-19)11-16-3-2-15(10-17)20-16/h2-4,9,12-13H,5-8,11H2,1H3. The van der Waals surface area contributed by atoms with Crippen molar-refractivity contribution in [1.82, 2.24) is 9.80 Å². The van der Waals surface area contributed by atoms with Gasteiger partial charge in [-0.15, -0.1) is 0 Å². The molecule has 1 aliphatic heterocycles. The lowest BCUT2D eigenvalue weighted by Crippen LogP contribution is -2.46. The monoisotopic (exact) mass is 301 g/mol. The molecule has 110 valence electrons. The Hall–Kier alpha value is -1.61. The second-order valence-corrected chi connectivity index (χ2v) is 6.20. The normalized spacial score (nSPS) is 18.5. The number of hydrogen-bond donors (Lipinski definition) is 0. The van der Waals surface area contributed by atoms with Crippen LogP contribution >= 0.6 is 11.3 Å². The van der Waals surface area contributed by atoms with Crippen LogP contribution in [0.3, 0.4) is 0 Å². The quantitative estimate of drug-likeness (QED) is 0.870. The number of furan rings is 1. The summed E-state index contributed by atoms with van der Waals surface area (Å²) in [5.74, 6) is 1.28. The van der Waals surface area contributed by atoms with Crippen LogP contribution in [0.15, 0.2) is 33.4 Å². The third-order valence-electron chi connectivity index (χ3n) is 4.13. The van der Waals surface area contributed by atoms with Crippen molar-refractivity contribution in [2.45, 2.75) is 19.5 Å². The maximum atomic E-state index is 8.78. The molecule has 3 rings (SSSR count). The summed E-state index contributed by atoms with van der Waals surface area (Å²) in [6.07, 6.45) is 0. The Morgan fingerprint density at radius 3 is 2.71 bits per heavy atom. The highest BCUT2D eigenvalue weighted by atomic mass is 32.1. The van der Waals surface area contributed by atoms with Gasteiger partial charge in [-0.1, -0.05) is 0 Å². The first-order chi connectivity index (χ1) is 10.3. The molecule has 1 saturated heterocycles. The predicted octanol–water partition coefficient (Wildman–Crippen LogP) is 3.09. The SMILES string of the molecule is CC(c1ccsc1)N1CCN(Cc2ccc(C#N)o2)CC1. The van der Waals surface area contributed by atoms with Crippen LogP contribution in [0.1, 0.15) is 30.0 Å². The van der Waals surface area contributed by atoms with Gasteiger partial charge in [0.2, 0.25) is 5.76 Å². The molecule has 4 nitrogen and oxygen atoms in total. The van der Waals surface area contributed by atoms with Crippen LogP contribution in [0.5, 0.6) is 0 Å². The predicted molar refractivity (Wildman–Crippen MR) is 83.0 cm³/mol. The number of nitriles is 1. The fraction of sp³-hybridized carbons (Fsp3) is 0.438. The topological polar surface area (TPSA) is 43.4 Å². The van der Waals surface area contributed by atoms with E-state index in [0.717, 1.165) is 38.5 Å². The van der Waals surface area contributed by atoms with Gasteiger partial charge >= 0.3 is 0 Å². The summed E-state index contributed by atoms with van der Waals surface area (Å²) >= 11 is 1.76. The molecular formula is C16H19N3OS. The van der Waals surface area contributed by atoms with Gasteiger partial charge in [0.05, 0.1) is 6.54 Å². The van der Waals surface area contributed by atoms with Crippen molar-refractivity contribution in [2.24, 2.45) is 0 Å². The maximum Gasteiger partial charge on any atom is 0.203 e. The molecule has 3 heterocycles. The van der Waals surface area contributed by atoms with Gasteiger partial charge in [-0.2, -0.15) is 16.6 Å². The van der Waals surface area contributed by atoms with Crippen LogP contribution in [0.25, 0.3) is 0 Å². The van der Waals surface area contributed by atoms with Crippen LogP contribution in [0, 0.1) is 11.3 Å². The highest BCUT2D eigenvalue weighted by Gasteiger charge is 2.22. The Morgan fingerprint density at radius 2 is 2.10 bits per heavy atom. The molecular weight excluding hydrogens is 282 g/mol. The molecule has 21 heavy (non-hydrogen) atoms. The van der Waals surface area contributed by atoms with Crippen LogP contribution in [-0.4, -0.2) is 36.0 Å². The number of rotatable bonds is 4. The highest BCUT2D eigenvalue weighted by molar-refractivity contribution is 7.07. The Balaban J connectivity index is 1.52. The molecule has 0 saturated carbocycles. The molecule has 0 bridgehead atoms. The van der Waals surface area contributed by atoms with E-state index in [1.54, 1.807) is 17.4 Å². The fourth-order valence-electron chi connectivity index (χ4n) is 2.78. The van der Waals surface area contributed by atoms with Crippen molar-refractivity contribution in [3.05, 3.63) is 46.0 Å². The summed E-state index contributed by atoms with van der Waals surface area (Å²) in [6, 6.07) is 8.38. The summed E-state index contributed by atoms with van der Waals surface area (Å²) in [4.78, 5) is 4.91. The van der Waals surface area contributed by atoms with Crippen LogP contribution in [-0.2, 0) is 6.54 Å². The maximum absolute atomic E-state index is 8.78. The lowest BCUT2D eigenvalue weighted by molar-refractivity contribution is 0.0934. The molecule has 0 amide bonds. The molecule has 2 aromatic heterocycles. The van der Waals surface area contributed by atoms with E-state index in [1.165, 1.54) is 5.56 Å². The molecule has 1 fully saturated rings. The van der Waals surface area contributed by atoms with E-state index in [-0.39, 0.29) is 0 Å². The first kappa shape index (κ1) is 14.3. The molecule has 5 heteroatoms. The second kappa shape index (κ2) is 6.44. The lowest BCUT2D eigenvalue weighted by atomic mass is 10.1. The van der Waals surface area contributed by atoms with Crippen molar-refractivity contribution < 1.29 is 4.42 Å². The van der Waals surface area contributed by atoms with Gasteiger partial charge < -0.3 is 4.42 Å². The Bertz CT molecular complexity index is 606. The van der Waals surface area contributed by atoms with Crippen LogP contribution < -0.4 is 0 Å². The molecule has 0 radical (unpaired) electrons. The van der Waals surface area contributed by atoms with Crippen molar-refractivity contribution in [3.63, 3.8) is 0 Å². The third-order valence-corrected chi connectivity index (χ3v) is 4.83. The van der Waals surface area contributed by atoms with Crippen molar-refractivity contribution in [1.29, 1.82) is 5.26 Å². The van der Waals surface area contributed by atoms with E-state index in [9.17, 15) is 0 Å². The minimum Gasteiger partial charge on any atom is -0.449 e. The smallest absolute Gasteiger partial charge is 0.203 e. The Labute approximate surface area is 129 Å². The summed E-state index contributed by atoms with van der Waals surface area (Å²) in [7, 11) is 0. The first-order valence-electron chi connectivity index (χ1n) is 7.23. The zero-order chi connectivity index (χ0) is 14.7. The third kappa shape index (κ3) is 3.35. The van der Waals surface area contributed by atoms with Crippen molar-refractivity contribution in [2.75, 3.05) is 26.2 Å². The van der Waals surface area contributed by atoms with E-state index in [1.807, 2.05) is 12.1 Å². The Morgan fingerprint density at radius 1 is 1.29 bits per heavy atom. The van der Waals surface area contributed by atoms with Gasteiger partial charge in [-0.05, 0) is 41.4 Å². The summed E-state index contributed by atoms with van der Waals surface area (Å²) in [5.41, 5.74) is 1.41. The minimum atomic E-state index is 0.398. The molecule has 0 N–H and O–H groups in total. The summed E-state index contributed by atoms with van der Waals surface area (Å²) in [6.45, 7) is 7.30. The van der Waals surface area contributed by atoms with E-state index in [0.29, 0.717) is 11.8 Å². The zero-order valence-corrected chi connectivity index (χ0v) is 13.0. The van der Waals surface area contributed by atoms with Crippen LogP contribution in [0.2, 0.25) is 0 Å². The lowest BCUT2D eigenvalue weighted by Gasteiger charge is -2.37. The van der Waals surface area contributed by atoms with Gasteiger partial charge in [0.1, 0.15) is 11.8 Å². The number of thiophene rings is 1. The van der Waals surface area contributed by atoms with Crippen molar-refractivity contribution >= 4 is 11.3 Å². The largest absolute Gasteiger partial charge is 0.449 e. The van der Waals surface area contributed by atoms with E-state index in [4.69, 9.17) is 9.68 Å². The van der Waals surface area contributed by atoms with Gasteiger partial charge in [0, 0.05) is 32.2 Å². The number of nitrogens with zero attached hydrogens (tertiary/aromatic N) is 3. The Kier molecular flexibility index (Phi) is 4.39. The molecule has 0 spiro atoms. The minimum absolute atomic E-state index is 0.398. The average molecular weight is 301 g/mol. The molecule has 1 unspecified atom stereocenters. The van der Waals surface area contributed by atoms with E-state index in [2.05, 4.69) is 33.6 Å². The first-order valence-corrected chi connectivity index (χ1v) is 8.18. The van der Waals surface area contributed by atoms with Gasteiger partial charge in [0.25, 0.3) is 0 Å². The fourth-order valence-corrected chi connectivity index (χ4v) is 3.52. The molecule has 0 aliphatic carbocycles. The highest BCUT2D eigenvalue weighted by Crippen LogP contribution is 2.24. The van der Waals surface area contributed by atoms with Gasteiger partial charge in [-0.3, -0.25) is 9.80 Å². The number of hydrogen-bond acceptors (Lipinski definition) is 5. The molecule has 0 aromatic carbocycles. The molecule has 1 atom stereocenters. The van der Waals surface area contributed by atoms with Gasteiger partial charge in [-0.25, -0.2) is 0 Å². The van der Waals surface area contributed by atoms with E-state index >= 15 is 0 Å². The van der Waals surface area contributed by atoms with Crippen LogP contribution in [0.4, 0.5) is 0 Å². The zero-order valence-electron chi connectivity index (χ0n) is 12.2. The summed E-state index contributed by atoms with van der Waals surface area (Å²) < 4.78 is 5.45. The van der Waals surface area contributed by atoms with E-state index < -0.39 is 0 Å². The van der Waals surface area contributed by atoms with Crippen molar-refractivity contribution in [3.8, 4) is 6.07 Å². The summed E-state index contributed by atoms with van der Waals surface area (Å²) in [5, 5.41) is 13.2. The van der Waals surface area contributed by atoms with Gasteiger partial charge in [0.15, 0.2) is 0 Å². The molecule has 1 aliphatic rings. The number of piperazine rings is 1.